The highest BCUT2D eigenvalue weighted by atomic mass is 32.2. The average molecular weight is 604 g/mol. The van der Waals surface area contributed by atoms with Gasteiger partial charge in [-0.3, -0.25) is 14.4 Å². The predicted octanol–water partition coefficient (Wildman–Crippen LogP) is 3.49. The van der Waals surface area contributed by atoms with Crippen LogP contribution < -0.4 is 20.1 Å². The number of para-hydroxylation sites is 2. The van der Waals surface area contributed by atoms with Gasteiger partial charge in [0.15, 0.2) is 23.7 Å². The van der Waals surface area contributed by atoms with Gasteiger partial charge in [0.2, 0.25) is 5.91 Å². The van der Waals surface area contributed by atoms with Gasteiger partial charge in [-0.25, -0.2) is 0 Å². The van der Waals surface area contributed by atoms with Gasteiger partial charge in [0.05, 0.1) is 11.4 Å². The van der Waals surface area contributed by atoms with E-state index in [1.807, 2.05) is 86.6 Å². The molecule has 2 heterocycles. The van der Waals surface area contributed by atoms with Gasteiger partial charge in [0, 0.05) is 12.1 Å². The van der Waals surface area contributed by atoms with Gasteiger partial charge in [-0.1, -0.05) is 78.5 Å². The second-order valence-electron chi connectivity index (χ2n) is 11.5. The Morgan fingerprint density at radius 2 is 1.79 bits per heavy atom. The molecule has 0 aromatic heterocycles. The summed E-state index contributed by atoms with van der Waals surface area (Å²) in [5.74, 6) is -0.178. The van der Waals surface area contributed by atoms with Crippen LogP contribution in [0.2, 0.25) is 0 Å². The molecule has 1 saturated heterocycles. The summed E-state index contributed by atoms with van der Waals surface area (Å²) in [7, 11) is 0. The van der Waals surface area contributed by atoms with E-state index < -0.39 is 34.4 Å². The van der Waals surface area contributed by atoms with E-state index in [4.69, 9.17) is 9.47 Å². The molecule has 0 radical (unpaired) electrons. The summed E-state index contributed by atoms with van der Waals surface area (Å²) in [6.07, 6.45) is -1.51. The molecule has 3 amide bonds. The molecule has 2 aliphatic rings. The third-order valence-corrected chi connectivity index (χ3v) is 9.29. The SMILES string of the molecule is Cc1cccc(C)c1OCC(=O)N[C@@](C)(Cc1ccccc1)[C@H](O)C(=O)N1CSC2(C)Oc3ccccc3CNC(=O)[C@@H]12. The summed E-state index contributed by atoms with van der Waals surface area (Å²) in [5.41, 5.74) is 2.02. The highest BCUT2D eigenvalue weighted by Gasteiger charge is 2.56. The van der Waals surface area contributed by atoms with Crippen molar-refractivity contribution in [2.45, 2.75) is 63.3 Å². The topological polar surface area (TPSA) is 117 Å². The molecule has 5 rings (SSSR count). The lowest BCUT2D eigenvalue weighted by Gasteiger charge is -2.39. The molecular formula is C33H37N3O6S. The molecule has 10 heteroatoms. The minimum absolute atomic E-state index is 0.123. The lowest BCUT2D eigenvalue weighted by molar-refractivity contribution is -0.153. The molecule has 9 nitrogen and oxygen atoms in total. The number of aliphatic hydroxyl groups is 1. The van der Waals surface area contributed by atoms with Crippen molar-refractivity contribution in [1.82, 2.24) is 15.5 Å². The molecule has 0 bridgehead atoms. The molecule has 0 aliphatic carbocycles. The van der Waals surface area contributed by atoms with Gasteiger partial charge < -0.3 is 30.1 Å². The standard InChI is InChI=1S/C33H37N3O6S/c1-21-11-10-12-22(2)27(21)41-19-26(37)35-32(3,17-23-13-6-5-7-14-23)29(38)31(40)36-20-43-33(4)28(36)30(39)34-18-24-15-8-9-16-25(24)42-33/h5-16,28-29,38H,17-20H2,1-4H3,(H,34,39)(H,35,37)/t28-,29-,32+,33?/m1/s1. The maximum atomic E-state index is 14.1. The van der Waals surface area contributed by atoms with Crippen molar-refractivity contribution in [3.63, 3.8) is 0 Å². The van der Waals surface area contributed by atoms with Gasteiger partial charge in [0.25, 0.3) is 11.8 Å². The molecule has 3 aromatic rings. The molecule has 0 spiro atoms. The number of carbonyl (C=O) groups excluding carboxylic acids is 3. The Labute approximate surface area is 255 Å². The first-order chi connectivity index (χ1) is 20.5. The highest BCUT2D eigenvalue weighted by Crippen LogP contribution is 2.43. The number of nitrogens with zero attached hydrogens (tertiary/aromatic N) is 1. The predicted molar refractivity (Wildman–Crippen MR) is 165 cm³/mol. The fraction of sp³-hybridized carbons (Fsp3) is 0.364. The van der Waals surface area contributed by atoms with Crippen molar-refractivity contribution in [3.05, 3.63) is 95.1 Å². The van der Waals surface area contributed by atoms with Gasteiger partial charge >= 0.3 is 0 Å². The lowest BCUT2D eigenvalue weighted by Crippen LogP contribution is -2.65. The fourth-order valence-corrected chi connectivity index (χ4v) is 6.93. The largest absolute Gasteiger partial charge is 0.483 e. The lowest BCUT2D eigenvalue weighted by atomic mass is 9.85. The van der Waals surface area contributed by atoms with E-state index >= 15 is 0 Å². The van der Waals surface area contributed by atoms with Crippen LogP contribution in [0.5, 0.6) is 11.5 Å². The first-order valence-electron chi connectivity index (χ1n) is 14.2. The molecule has 3 N–H and O–H groups in total. The zero-order chi connectivity index (χ0) is 30.8. The second-order valence-corrected chi connectivity index (χ2v) is 12.8. The third-order valence-electron chi connectivity index (χ3n) is 8.00. The quantitative estimate of drug-likeness (QED) is 0.361. The molecule has 1 fully saturated rings. The smallest absolute Gasteiger partial charge is 0.258 e. The number of carbonyl (C=O) groups is 3. The number of hydrogen-bond donors (Lipinski definition) is 3. The molecule has 3 aromatic carbocycles. The number of fused-ring (bicyclic) bond motifs is 2. The molecular weight excluding hydrogens is 566 g/mol. The summed E-state index contributed by atoms with van der Waals surface area (Å²) in [5, 5.41) is 17.5. The van der Waals surface area contributed by atoms with Crippen molar-refractivity contribution in [2.75, 3.05) is 12.5 Å². The average Bonchev–Trinajstić information content (AvgIpc) is 3.31. The Hall–Kier alpha value is -4.02. The molecule has 1 unspecified atom stereocenters. The van der Waals surface area contributed by atoms with Crippen LogP contribution in [0, 0.1) is 13.8 Å². The van der Waals surface area contributed by atoms with Crippen LogP contribution >= 0.6 is 11.8 Å². The Balaban J connectivity index is 1.38. The van der Waals surface area contributed by atoms with Crippen LogP contribution in [-0.2, 0) is 27.3 Å². The molecule has 226 valence electrons. The minimum atomic E-state index is -1.68. The van der Waals surface area contributed by atoms with E-state index in [0.717, 1.165) is 22.3 Å². The van der Waals surface area contributed by atoms with Crippen molar-refractivity contribution >= 4 is 29.5 Å². The van der Waals surface area contributed by atoms with Crippen molar-refractivity contribution in [1.29, 1.82) is 0 Å². The Kier molecular flexibility index (Phi) is 8.71. The number of thioether (sulfide) groups is 1. The number of amides is 3. The first-order valence-corrected chi connectivity index (χ1v) is 15.2. The van der Waals surface area contributed by atoms with Crippen molar-refractivity contribution in [3.8, 4) is 11.5 Å². The van der Waals surface area contributed by atoms with Crippen LogP contribution in [0.3, 0.4) is 0 Å². The van der Waals surface area contributed by atoms with Gasteiger partial charge in [-0.05, 0) is 56.9 Å². The van der Waals surface area contributed by atoms with Crippen molar-refractivity contribution in [2.24, 2.45) is 0 Å². The second kappa shape index (κ2) is 12.3. The number of nitrogens with one attached hydrogen (secondary N) is 2. The number of aliphatic hydroxyl groups excluding tert-OH is 1. The normalized spacial score (nSPS) is 21.6. The number of hydrogen-bond acceptors (Lipinski definition) is 7. The van der Waals surface area contributed by atoms with Crippen LogP contribution in [-0.4, -0.2) is 62.8 Å². The van der Waals surface area contributed by atoms with Gasteiger partial charge in [-0.2, -0.15) is 0 Å². The van der Waals surface area contributed by atoms with E-state index in [2.05, 4.69) is 10.6 Å². The minimum Gasteiger partial charge on any atom is -0.483 e. The van der Waals surface area contributed by atoms with E-state index in [9.17, 15) is 19.5 Å². The zero-order valence-corrected chi connectivity index (χ0v) is 25.6. The van der Waals surface area contributed by atoms with Crippen LogP contribution in [0.4, 0.5) is 0 Å². The Morgan fingerprint density at radius 1 is 1.12 bits per heavy atom. The molecule has 0 saturated carbocycles. The van der Waals surface area contributed by atoms with Gasteiger partial charge in [0.1, 0.15) is 11.5 Å². The Bertz CT molecular complexity index is 1500. The van der Waals surface area contributed by atoms with Crippen LogP contribution in [0.25, 0.3) is 0 Å². The van der Waals surface area contributed by atoms with E-state index in [-0.39, 0.29) is 31.4 Å². The van der Waals surface area contributed by atoms with E-state index in [1.54, 1.807) is 13.8 Å². The van der Waals surface area contributed by atoms with Crippen molar-refractivity contribution < 1.29 is 29.0 Å². The van der Waals surface area contributed by atoms with E-state index in [1.165, 1.54) is 16.7 Å². The third kappa shape index (κ3) is 6.35. The maximum Gasteiger partial charge on any atom is 0.258 e. The number of rotatable bonds is 8. The number of aryl methyl sites for hydroxylation is 2. The summed E-state index contributed by atoms with van der Waals surface area (Å²) >= 11 is 1.31. The Morgan fingerprint density at radius 3 is 2.51 bits per heavy atom. The number of benzene rings is 3. The summed E-state index contributed by atoms with van der Waals surface area (Å²) < 4.78 is 12.2. The molecule has 43 heavy (non-hydrogen) atoms. The molecule has 4 atom stereocenters. The molecule has 2 aliphatic heterocycles. The first kappa shape index (κ1) is 30.4. The fourth-order valence-electron chi connectivity index (χ4n) is 5.71. The zero-order valence-electron chi connectivity index (χ0n) is 24.8. The van der Waals surface area contributed by atoms with E-state index in [0.29, 0.717) is 11.5 Å². The summed E-state index contributed by atoms with van der Waals surface area (Å²) in [4.78, 5) is 41.0. The van der Waals surface area contributed by atoms with Gasteiger partial charge in [-0.15, -0.1) is 0 Å². The monoisotopic (exact) mass is 603 g/mol. The summed E-state index contributed by atoms with van der Waals surface area (Å²) in [6, 6.07) is 21.5. The van der Waals surface area contributed by atoms with Crippen LogP contribution in [0.15, 0.2) is 72.8 Å². The summed E-state index contributed by atoms with van der Waals surface area (Å²) in [6.45, 7) is 7.16. The highest BCUT2D eigenvalue weighted by molar-refractivity contribution is 8.00. The van der Waals surface area contributed by atoms with Crippen LogP contribution in [0.1, 0.15) is 36.1 Å². The number of ether oxygens (including phenoxy) is 2. The maximum absolute atomic E-state index is 14.1.